The van der Waals surface area contributed by atoms with Crippen molar-refractivity contribution >= 4 is 17.2 Å². The van der Waals surface area contributed by atoms with Gasteiger partial charge in [0, 0.05) is 30.9 Å². The standard InChI is InChI=1S/C20H17FN6O4/c1-11(21)31-15-8-17-16(29-5-6-30-17)7-12(15)18-14(10-23-26-18)25-20(28)13-9-24-27-4-2-3-22-19(13)27/h2-4,7-11H,5-6H2,1H3,(H,23,26)(H,25,28). The predicted octanol–water partition coefficient (Wildman–Crippen LogP) is 2.84. The molecule has 0 bridgehead atoms. The Morgan fingerprint density at radius 3 is 2.90 bits per heavy atom. The molecule has 5 rings (SSSR count). The molecule has 10 nitrogen and oxygen atoms in total. The number of aromatic nitrogens is 5. The van der Waals surface area contributed by atoms with E-state index < -0.39 is 12.3 Å². The van der Waals surface area contributed by atoms with Gasteiger partial charge >= 0.3 is 0 Å². The average Bonchev–Trinajstić information content (AvgIpc) is 3.40. The van der Waals surface area contributed by atoms with Crippen LogP contribution in [0.5, 0.6) is 17.2 Å². The van der Waals surface area contributed by atoms with Crippen LogP contribution in [0.2, 0.25) is 0 Å². The van der Waals surface area contributed by atoms with E-state index in [0.29, 0.717) is 52.9 Å². The van der Waals surface area contributed by atoms with Crippen LogP contribution in [0.25, 0.3) is 16.9 Å². The summed E-state index contributed by atoms with van der Waals surface area (Å²) in [7, 11) is 0. The lowest BCUT2D eigenvalue weighted by atomic mass is 10.1. The highest BCUT2D eigenvalue weighted by atomic mass is 19.1. The average molecular weight is 424 g/mol. The first-order valence-corrected chi connectivity index (χ1v) is 9.48. The number of H-pyrrole nitrogens is 1. The maximum Gasteiger partial charge on any atom is 0.261 e. The molecule has 158 valence electrons. The largest absolute Gasteiger partial charge is 0.486 e. The molecule has 0 saturated heterocycles. The highest BCUT2D eigenvalue weighted by Gasteiger charge is 2.23. The molecular formula is C20H17FN6O4. The Morgan fingerprint density at radius 1 is 1.29 bits per heavy atom. The Balaban J connectivity index is 1.52. The first-order valence-electron chi connectivity index (χ1n) is 9.48. The molecule has 1 unspecified atom stereocenters. The predicted molar refractivity (Wildman–Crippen MR) is 107 cm³/mol. The molecular weight excluding hydrogens is 407 g/mol. The molecule has 11 heteroatoms. The summed E-state index contributed by atoms with van der Waals surface area (Å²) in [6.45, 7) is 2.05. The van der Waals surface area contributed by atoms with Crippen LogP contribution in [0.15, 0.2) is 43.0 Å². The Morgan fingerprint density at radius 2 is 2.10 bits per heavy atom. The van der Waals surface area contributed by atoms with Gasteiger partial charge in [0.25, 0.3) is 5.91 Å². The summed E-state index contributed by atoms with van der Waals surface area (Å²) in [5, 5.41) is 13.8. The van der Waals surface area contributed by atoms with Crippen molar-refractivity contribution in [1.29, 1.82) is 0 Å². The summed E-state index contributed by atoms with van der Waals surface area (Å²) in [5.41, 5.74) is 1.96. The monoisotopic (exact) mass is 424 g/mol. The van der Waals surface area contributed by atoms with Crippen molar-refractivity contribution in [2.75, 3.05) is 18.5 Å². The van der Waals surface area contributed by atoms with Crippen molar-refractivity contribution in [1.82, 2.24) is 24.8 Å². The molecule has 1 amide bonds. The number of halogens is 1. The molecule has 0 saturated carbocycles. The highest BCUT2D eigenvalue weighted by molar-refractivity contribution is 6.09. The van der Waals surface area contributed by atoms with Crippen LogP contribution in [-0.4, -0.2) is 50.3 Å². The summed E-state index contributed by atoms with van der Waals surface area (Å²) in [6, 6.07) is 4.93. The number of carbonyl (C=O) groups is 1. The summed E-state index contributed by atoms with van der Waals surface area (Å²) < 4.78 is 31.7. The topological polar surface area (TPSA) is 116 Å². The van der Waals surface area contributed by atoms with Gasteiger partial charge in [0.2, 0.25) is 6.36 Å². The number of nitrogens with zero attached hydrogens (tertiary/aromatic N) is 4. The van der Waals surface area contributed by atoms with Crippen LogP contribution < -0.4 is 19.5 Å². The summed E-state index contributed by atoms with van der Waals surface area (Å²) >= 11 is 0. The fourth-order valence-corrected chi connectivity index (χ4v) is 3.30. The fourth-order valence-electron chi connectivity index (χ4n) is 3.30. The van der Waals surface area contributed by atoms with E-state index in [-0.39, 0.29) is 5.75 Å². The molecule has 0 radical (unpaired) electrons. The second-order valence-electron chi connectivity index (χ2n) is 6.71. The van der Waals surface area contributed by atoms with Gasteiger partial charge in [0.1, 0.15) is 24.5 Å². The molecule has 0 fully saturated rings. The quantitative estimate of drug-likeness (QED) is 0.506. The zero-order valence-electron chi connectivity index (χ0n) is 16.3. The zero-order chi connectivity index (χ0) is 21.4. The number of fused-ring (bicyclic) bond motifs is 2. The molecule has 1 aromatic carbocycles. The first kappa shape index (κ1) is 18.9. The number of nitrogens with one attached hydrogen (secondary N) is 2. The smallest absolute Gasteiger partial charge is 0.261 e. The van der Waals surface area contributed by atoms with Crippen molar-refractivity contribution in [3.8, 4) is 28.5 Å². The highest BCUT2D eigenvalue weighted by Crippen LogP contribution is 2.43. The van der Waals surface area contributed by atoms with Crippen LogP contribution >= 0.6 is 0 Å². The molecule has 1 atom stereocenters. The number of rotatable bonds is 5. The molecule has 3 aromatic heterocycles. The van der Waals surface area contributed by atoms with Crippen molar-refractivity contribution < 1.29 is 23.4 Å². The van der Waals surface area contributed by atoms with Gasteiger partial charge in [-0.1, -0.05) is 0 Å². The molecule has 31 heavy (non-hydrogen) atoms. The minimum atomic E-state index is -1.56. The lowest BCUT2D eigenvalue weighted by molar-refractivity contribution is 0.0855. The summed E-state index contributed by atoms with van der Waals surface area (Å²) in [6.07, 6.45) is 4.59. The molecule has 0 aliphatic carbocycles. The number of ether oxygens (including phenoxy) is 3. The molecule has 1 aliphatic heterocycles. The lowest BCUT2D eigenvalue weighted by Crippen LogP contribution is -2.16. The number of anilines is 1. The normalized spacial score (nSPS) is 13.7. The Hall–Kier alpha value is -4.15. The molecule has 0 spiro atoms. The van der Waals surface area contributed by atoms with Crippen molar-refractivity contribution in [3.05, 3.63) is 48.5 Å². The molecule has 1 aliphatic rings. The summed E-state index contributed by atoms with van der Waals surface area (Å²) in [5.74, 6) is 0.735. The molecule has 4 heterocycles. The van der Waals surface area contributed by atoms with Gasteiger partial charge in [-0.05, 0) is 12.1 Å². The first-order chi connectivity index (χ1) is 15.1. The van der Waals surface area contributed by atoms with Gasteiger partial charge in [0.05, 0.1) is 23.8 Å². The maximum absolute atomic E-state index is 13.7. The van der Waals surface area contributed by atoms with E-state index in [1.807, 2.05) is 0 Å². The van der Waals surface area contributed by atoms with E-state index in [0.717, 1.165) is 0 Å². The SMILES string of the molecule is CC(F)Oc1cc2c(cc1-c1[nH]ncc1NC(=O)c1cnn3cccnc13)OCCO2. The minimum absolute atomic E-state index is 0.219. The van der Waals surface area contributed by atoms with Crippen molar-refractivity contribution in [3.63, 3.8) is 0 Å². The third-order valence-electron chi connectivity index (χ3n) is 4.61. The maximum atomic E-state index is 13.7. The van der Waals surface area contributed by atoms with Crippen LogP contribution in [-0.2, 0) is 0 Å². The van der Waals surface area contributed by atoms with Crippen LogP contribution in [0.4, 0.5) is 10.1 Å². The van der Waals surface area contributed by atoms with Crippen LogP contribution in [0.1, 0.15) is 17.3 Å². The van der Waals surface area contributed by atoms with E-state index >= 15 is 0 Å². The third kappa shape index (κ3) is 3.50. The molecule has 4 aromatic rings. The van der Waals surface area contributed by atoms with Gasteiger partial charge in [-0.2, -0.15) is 10.2 Å². The van der Waals surface area contributed by atoms with E-state index in [1.54, 1.807) is 30.6 Å². The number of benzene rings is 1. The number of hydrogen-bond acceptors (Lipinski definition) is 7. The number of carbonyl (C=O) groups excluding carboxylic acids is 1. The van der Waals surface area contributed by atoms with Gasteiger partial charge in [0.15, 0.2) is 17.1 Å². The molecule has 2 N–H and O–H groups in total. The minimum Gasteiger partial charge on any atom is -0.486 e. The Bertz CT molecular complexity index is 1270. The number of hydrogen-bond donors (Lipinski definition) is 2. The second kappa shape index (κ2) is 7.59. The number of aromatic amines is 1. The second-order valence-corrected chi connectivity index (χ2v) is 6.71. The third-order valence-corrected chi connectivity index (χ3v) is 4.61. The van der Waals surface area contributed by atoms with Gasteiger partial charge < -0.3 is 19.5 Å². The zero-order valence-corrected chi connectivity index (χ0v) is 16.3. The van der Waals surface area contributed by atoms with Crippen molar-refractivity contribution in [2.24, 2.45) is 0 Å². The van der Waals surface area contributed by atoms with E-state index in [2.05, 4.69) is 25.6 Å². The van der Waals surface area contributed by atoms with Crippen molar-refractivity contribution in [2.45, 2.75) is 13.3 Å². The van der Waals surface area contributed by atoms with Gasteiger partial charge in [-0.3, -0.25) is 9.89 Å². The number of alkyl halides is 1. The Kier molecular flexibility index (Phi) is 4.62. The van der Waals surface area contributed by atoms with E-state index in [1.165, 1.54) is 23.8 Å². The lowest BCUT2D eigenvalue weighted by Gasteiger charge is -2.21. The Labute approximate surface area is 175 Å². The van der Waals surface area contributed by atoms with Gasteiger partial charge in [-0.15, -0.1) is 0 Å². The van der Waals surface area contributed by atoms with E-state index in [4.69, 9.17) is 14.2 Å². The van der Waals surface area contributed by atoms with E-state index in [9.17, 15) is 9.18 Å². The van der Waals surface area contributed by atoms with Gasteiger partial charge in [-0.25, -0.2) is 13.9 Å². The number of amides is 1. The van der Waals surface area contributed by atoms with Crippen LogP contribution in [0, 0.1) is 0 Å². The summed E-state index contributed by atoms with van der Waals surface area (Å²) in [4.78, 5) is 17.1. The fraction of sp³-hybridized carbons (Fsp3) is 0.200. The van der Waals surface area contributed by atoms with Crippen LogP contribution in [0.3, 0.4) is 0 Å².